The molecule has 32 heavy (non-hydrogen) atoms. The number of hydrogen-bond acceptors (Lipinski definition) is 5. The molecular weight excluding hydrogens is 470 g/mol. The van der Waals surface area contributed by atoms with Crippen molar-refractivity contribution in [2.75, 3.05) is 13.2 Å². The van der Waals surface area contributed by atoms with Crippen molar-refractivity contribution in [3.05, 3.63) is 62.6 Å². The van der Waals surface area contributed by atoms with Crippen molar-refractivity contribution >= 4 is 33.0 Å². The summed E-state index contributed by atoms with van der Waals surface area (Å²) in [6.07, 6.45) is 7.29. The Morgan fingerprint density at radius 3 is 2.62 bits per heavy atom. The lowest BCUT2D eigenvalue weighted by atomic mass is 9.88. The molecule has 0 saturated heterocycles. The zero-order chi connectivity index (χ0) is 22.5. The van der Waals surface area contributed by atoms with Crippen LogP contribution in [-0.2, 0) is 0 Å². The van der Waals surface area contributed by atoms with Crippen LogP contribution in [0.1, 0.15) is 63.3 Å². The molecule has 0 radical (unpaired) electrons. The largest absolute Gasteiger partial charge is 0.490 e. The summed E-state index contributed by atoms with van der Waals surface area (Å²) < 4.78 is 13.8. The molecule has 0 spiro atoms. The lowest BCUT2D eigenvalue weighted by Crippen LogP contribution is -2.25. The summed E-state index contributed by atoms with van der Waals surface area (Å²) in [7, 11) is 0. The lowest BCUT2D eigenvalue weighted by molar-refractivity contribution is 0.286. The fraction of sp³-hybridized carbons (Fsp3) is 0.400. The molecule has 3 aromatic rings. The maximum atomic E-state index is 13.3. The van der Waals surface area contributed by atoms with Crippen LogP contribution in [0.15, 0.2) is 50.8 Å². The topological polar surface area (TPSA) is 65.7 Å². The predicted octanol–water partition coefficient (Wildman–Crippen LogP) is 5.89. The highest BCUT2D eigenvalue weighted by Gasteiger charge is 2.22. The number of halogens is 1. The van der Waals surface area contributed by atoms with Crippen molar-refractivity contribution in [3.63, 3.8) is 0 Å². The van der Waals surface area contributed by atoms with Gasteiger partial charge in [0, 0.05) is 5.92 Å². The smallest absolute Gasteiger partial charge is 0.282 e. The fourth-order valence-corrected chi connectivity index (χ4v) is 4.79. The van der Waals surface area contributed by atoms with Crippen LogP contribution in [0.5, 0.6) is 11.5 Å². The minimum atomic E-state index is -0.137. The highest BCUT2D eigenvalue weighted by molar-refractivity contribution is 9.10. The van der Waals surface area contributed by atoms with E-state index in [2.05, 4.69) is 21.0 Å². The molecule has 0 amide bonds. The van der Waals surface area contributed by atoms with E-state index in [4.69, 9.17) is 14.5 Å². The molecule has 1 saturated carbocycles. The Balaban J connectivity index is 1.79. The quantitative estimate of drug-likeness (QED) is 0.382. The van der Waals surface area contributed by atoms with Crippen LogP contribution >= 0.6 is 15.9 Å². The van der Waals surface area contributed by atoms with Crippen molar-refractivity contribution in [1.29, 1.82) is 0 Å². The number of para-hydroxylation sites is 1. The van der Waals surface area contributed by atoms with Gasteiger partial charge >= 0.3 is 0 Å². The number of hydrogen-bond donors (Lipinski definition) is 0. The lowest BCUT2D eigenvalue weighted by Gasteiger charge is -2.22. The van der Waals surface area contributed by atoms with Gasteiger partial charge in [-0.2, -0.15) is 9.78 Å². The zero-order valence-corrected chi connectivity index (χ0v) is 20.1. The SMILES string of the molecule is CCOc1cc(C=Nn2c(C3CCCCC3)nc3ccccc3c2=O)cc(Br)c1OCC. The van der Waals surface area contributed by atoms with E-state index in [0.717, 1.165) is 47.1 Å². The van der Waals surface area contributed by atoms with Gasteiger partial charge in [0.2, 0.25) is 0 Å². The second-order valence-corrected chi connectivity index (χ2v) is 8.73. The molecule has 7 heteroatoms. The number of nitrogens with zero attached hydrogens (tertiary/aromatic N) is 3. The van der Waals surface area contributed by atoms with Crippen LogP contribution in [0.3, 0.4) is 0 Å². The molecule has 0 atom stereocenters. The third-order valence-corrected chi connectivity index (χ3v) is 6.28. The Hall–Kier alpha value is -2.67. The Kier molecular flexibility index (Phi) is 7.25. The van der Waals surface area contributed by atoms with Gasteiger partial charge in [-0.1, -0.05) is 31.4 Å². The van der Waals surface area contributed by atoms with Crippen molar-refractivity contribution in [2.45, 2.75) is 51.9 Å². The molecule has 168 valence electrons. The second kappa shape index (κ2) is 10.3. The average Bonchev–Trinajstić information content (AvgIpc) is 2.81. The van der Waals surface area contributed by atoms with Crippen LogP contribution in [0, 0.1) is 0 Å². The maximum Gasteiger partial charge on any atom is 0.282 e. The van der Waals surface area contributed by atoms with Gasteiger partial charge < -0.3 is 9.47 Å². The van der Waals surface area contributed by atoms with E-state index in [1.807, 2.05) is 50.2 Å². The molecule has 1 aliphatic rings. The Labute approximate surface area is 196 Å². The molecular formula is C25H28BrN3O3. The van der Waals surface area contributed by atoms with Gasteiger partial charge in [-0.15, -0.1) is 0 Å². The Morgan fingerprint density at radius 2 is 1.88 bits per heavy atom. The Morgan fingerprint density at radius 1 is 1.12 bits per heavy atom. The van der Waals surface area contributed by atoms with E-state index in [1.165, 1.54) is 11.1 Å². The first-order valence-electron chi connectivity index (χ1n) is 11.3. The molecule has 1 aliphatic carbocycles. The van der Waals surface area contributed by atoms with E-state index in [9.17, 15) is 4.79 Å². The number of aromatic nitrogens is 2. The average molecular weight is 498 g/mol. The van der Waals surface area contributed by atoms with Gasteiger partial charge in [-0.3, -0.25) is 4.79 Å². The summed E-state index contributed by atoms with van der Waals surface area (Å²) in [6.45, 7) is 4.92. The summed E-state index contributed by atoms with van der Waals surface area (Å²) >= 11 is 3.57. The van der Waals surface area contributed by atoms with Gasteiger partial charge in [0.15, 0.2) is 11.5 Å². The molecule has 6 nitrogen and oxygen atoms in total. The molecule has 0 bridgehead atoms. The van der Waals surface area contributed by atoms with Crippen LogP contribution in [0.4, 0.5) is 0 Å². The molecule has 1 heterocycles. The fourth-order valence-electron chi connectivity index (χ4n) is 4.21. The first kappa shape index (κ1) is 22.5. The van der Waals surface area contributed by atoms with Gasteiger partial charge in [0.05, 0.1) is 34.8 Å². The first-order chi connectivity index (χ1) is 15.6. The van der Waals surface area contributed by atoms with Gasteiger partial charge in [-0.05, 0) is 72.4 Å². The first-order valence-corrected chi connectivity index (χ1v) is 12.1. The molecule has 0 N–H and O–H groups in total. The molecule has 1 aromatic heterocycles. The van der Waals surface area contributed by atoms with Crippen LogP contribution < -0.4 is 15.0 Å². The maximum absolute atomic E-state index is 13.3. The third kappa shape index (κ3) is 4.72. The summed E-state index contributed by atoms with van der Waals surface area (Å²) in [4.78, 5) is 18.2. The van der Waals surface area contributed by atoms with Gasteiger partial charge in [0.1, 0.15) is 5.82 Å². The van der Waals surface area contributed by atoms with Gasteiger partial charge in [-0.25, -0.2) is 4.98 Å². The molecule has 2 aromatic carbocycles. The van der Waals surface area contributed by atoms with Crippen molar-refractivity contribution in [2.24, 2.45) is 5.10 Å². The zero-order valence-electron chi connectivity index (χ0n) is 18.5. The van der Waals surface area contributed by atoms with Crippen molar-refractivity contribution in [1.82, 2.24) is 9.66 Å². The number of benzene rings is 2. The summed E-state index contributed by atoms with van der Waals surface area (Å²) in [5.74, 6) is 2.30. The number of rotatable bonds is 7. The van der Waals surface area contributed by atoms with Crippen molar-refractivity contribution in [3.8, 4) is 11.5 Å². The summed E-state index contributed by atoms with van der Waals surface area (Å²) in [5, 5.41) is 5.19. The van der Waals surface area contributed by atoms with Crippen LogP contribution in [0.25, 0.3) is 10.9 Å². The monoisotopic (exact) mass is 497 g/mol. The van der Waals surface area contributed by atoms with E-state index >= 15 is 0 Å². The minimum Gasteiger partial charge on any atom is -0.490 e. The number of fused-ring (bicyclic) bond motifs is 1. The molecule has 0 unspecified atom stereocenters. The summed E-state index contributed by atoms with van der Waals surface area (Å²) in [6, 6.07) is 11.3. The molecule has 1 fully saturated rings. The second-order valence-electron chi connectivity index (χ2n) is 7.88. The standard InChI is InChI=1S/C25H28BrN3O3/c1-3-31-22-15-17(14-20(26)23(22)32-4-2)16-27-29-24(18-10-6-5-7-11-18)28-21-13-9-8-12-19(21)25(29)30/h8-9,12-16,18H,3-7,10-11H2,1-2H3. The van der Waals surface area contributed by atoms with Crippen LogP contribution in [-0.4, -0.2) is 29.1 Å². The summed E-state index contributed by atoms with van der Waals surface area (Å²) in [5.41, 5.74) is 1.40. The van der Waals surface area contributed by atoms with E-state index in [-0.39, 0.29) is 11.5 Å². The van der Waals surface area contributed by atoms with E-state index < -0.39 is 0 Å². The molecule has 4 rings (SSSR count). The highest BCUT2D eigenvalue weighted by atomic mass is 79.9. The van der Waals surface area contributed by atoms with Crippen molar-refractivity contribution < 1.29 is 9.47 Å². The predicted molar refractivity (Wildman–Crippen MR) is 131 cm³/mol. The van der Waals surface area contributed by atoms with E-state index in [0.29, 0.717) is 30.1 Å². The minimum absolute atomic E-state index is 0.137. The Bertz CT molecular complexity index is 1180. The normalized spacial score (nSPS) is 14.8. The molecule has 0 aliphatic heterocycles. The van der Waals surface area contributed by atoms with Gasteiger partial charge in [0.25, 0.3) is 5.56 Å². The third-order valence-electron chi connectivity index (χ3n) is 5.69. The number of ether oxygens (including phenoxy) is 2. The van der Waals surface area contributed by atoms with Crippen LogP contribution in [0.2, 0.25) is 0 Å². The van der Waals surface area contributed by atoms with E-state index in [1.54, 1.807) is 6.21 Å². The highest BCUT2D eigenvalue weighted by Crippen LogP contribution is 2.37.